The average Bonchev–Trinajstić information content (AvgIpc) is 3.06. The molecular formula is C18H16N2O3S. The zero-order valence-electron chi connectivity index (χ0n) is 13.1. The zero-order valence-corrected chi connectivity index (χ0v) is 13.9. The third kappa shape index (κ3) is 3.78. The number of ether oxygens (including phenoxy) is 1. The molecule has 0 spiro atoms. The van der Waals surface area contributed by atoms with Gasteiger partial charge in [-0.3, -0.25) is 4.79 Å². The first kappa shape index (κ1) is 16.1. The summed E-state index contributed by atoms with van der Waals surface area (Å²) in [6.45, 7) is 2.10. The van der Waals surface area contributed by atoms with Gasteiger partial charge < -0.3 is 10.1 Å². The molecule has 0 saturated heterocycles. The summed E-state index contributed by atoms with van der Waals surface area (Å²) in [5.41, 5.74) is 5.12. The minimum absolute atomic E-state index is 0.300. The third-order valence-corrected chi connectivity index (χ3v) is 4.43. The van der Waals surface area contributed by atoms with Crippen molar-refractivity contribution in [1.82, 2.24) is 10.3 Å². The lowest BCUT2D eigenvalue weighted by atomic mass is 10.1. The molecule has 0 atom stereocenters. The van der Waals surface area contributed by atoms with Crippen molar-refractivity contribution < 1.29 is 14.3 Å². The Bertz CT molecular complexity index is 889. The van der Waals surface area contributed by atoms with Gasteiger partial charge in [0.15, 0.2) is 6.61 Å². The molecule has 3 rings (SSSR count). The van der Waals surface area contributed by atoms with Crippen molar-refractivity contribution in [2.24, 2.45) is 0 Å². The number of amides is 1. The highest BCUT2D eigenvalue weighted by atomic mass is 32.1. The molecule has 5 nitrogen and oxygen atoms in total. The molecule has 1 aromatic heterocycles. The number of aromatic nitrogens is 1. The molecule has 0 radical (unpaired) electrons. The molecule has 0 unspecified atom stereocenters. The summed E-state index contributed by atoms with van der Waals surface area (Å²) in [4.78, 5) is 28.0. The first-order chi connectivity index (χ1) is 11.6. The molecule has 0 aliphatic heterocycles. The maximum Gasteiger partial charge on any atom is 0.338 e. The largest absolute Gasteiger partial charge is 0.452 e. The van der Waals surface area contributed by atoms with Crippen LogP contribution in [0.25, 0.3) is 10.2 Å². The van der Waals surface area contributed by atoms with E-state index in [1.165, 1.54) is 11.3 Å². The summed E-state index contributed by atoms with van der Waals surface area (Å²) < 4.78 is 5.98. The van der Waals surface area contributed by atoms with Crippen LogP contribution in [0.5, 0.6) is 0 Å². The van der Waals surface area contributed by atoms with E-state index in [-0.39, 0.29) is 12.5 Å². The average molecular weight is 340 g/mol. The fourth-order valence-electron chi connectivity index (χ4n) is 2.25. The summed E-state index contributed by atoms with van der Waals surface area (Å²) in [5.74, 6) is -0.846. The first-order valence-electron chi connectivity index (χ1n) is 7.45. The Morgan fingerprint density at radius 3 is 2.88 bits per heavy atom. The van der Waals surface area contributed by atoms with Crippen LogP contribution >= 0.6 is 11.3 Å². The molecule has 122 valence electrons. The molecule has 1 heterocycles. The van der Waals surface area contributed by atoms with Gasteiger partial charge >= 0.3 is 5.97 Å². The van der Waals surface area contributed by atoms with Gasteiger partial charge in [-0.05, 0) is 36.2 Å². The van der Waals surface area contributed by atoms with E-state index in [2.05, 4.69) is 10.3 Å². The van der Waals surface area contributed by atoms with Crippen molar-refractivity contribution in [3.8, 4) is 0 Å². The lowest BCUT2D eigenvalue weighted by molar-refractivity contribution is -0.124. The monoisotopic (exact) mass is 340 g/mol. The number of aryl methyl sites for hydroxylation is 1. The van der Waals surface area contributed by atoms with Crippen LogP contribution in [0.4, 0.5) is 0 Å². The summed E-state index contributed by atoms with van der Waals surface area (Å²) in [6.07, 6.45) is 0. The molecule has 0 saturated carbocycles. The summed E-state index contributed by atoms with van der Waals surface area (Å²) in [7, 11) is 0. The third-order valence-electron chi connectivity index (χ3n) is 3.64. The Labute approximate surface area is 143 Å². The van der Waals surface area contributed by atoms with E-state index in [0.717, 1.165) is 21.3 Å². The van der Waals surface area contributed by atoms with Crippen LogP contribution in [0.15, 0.2) is 48.0 Å². The summed E-state index contributed by atoms with van der Waals surface area (Å²) in [5, 5.41) is 2.75. The zero-order chi connectivity index (χ0) is 16.9. The van der Waals surface area contributed by atoms with Gasteiger partial charge in [0.1, 0.15) is 0 Å². The number of esters is 1. The van der Waals surface area contributed by atoms with E-state index in [9.17, 15) is 9.59 Å². The van der Waals surface area contributed by atoms with E-state index >= 15 is 0 Å². The van der Waals surface area contributed by atoms with Gasteiger partial charge in [-0.25, -0.2) is 9.78 Å². The van der Waals surface area contributed by atoms with Crippen LogP contribution in [0, 0.1) is 6.92 Å². The fraction of sp³-hybridized carbons (Fsp3) is 0.167. The Balaban J connectivity index is 1.52. The number of rotatable bonds is 5. The van der Waals surface area contributed by atoms with Gasteiger partial charge in [-0.2, -0.15) is 0 Å². The topological polar surface area (TPSA) is 68.3 Å². The Hall–Kier alpha value is -2.73. The lowest BCUT2D eigenvalue weighted by Gasteiger charge is -2.08. The minimum atomic E-state index is -0.517. The first-order valence-corrected chi connectivity index (χ1v) is 8.33. The van der Waals surface area contributed by atoms with Gasteiger partial charge in [-0.15, -0.1) is 11.3 Å². The molecular weight excluding hydrogens is 324 g/mol. The number of carbonyl (C=O) groups is 2. The lowest BCUT2D eigenvalue weighted by Crippen LogP contribution is -2.28. The predicted octanol–water partition coefficient (Wildman–Crippen LogP) is 3.08. The van der Waals surface area contributed by atoms with Crippen molar-refractivity contribution in [3.05, 3.63) is 64.7 Å². The van der Waals surface area contributed by atoms with Gasteiger partial charge in [0.05, 0.1) is 21.3 Å². The van der Waals surface area contributed by atoms with E-state index in [1.54, 1.807) is 23.7 Å². The Morgan fingerprint density at radius 2 is 2.04 bits per heavy atom. The van der Waals surface area contributed by atoms with Crippen LogP contribution < -0.4 is 5.32 Å². The molecule has 2 aromatic carbocycles. The van der Waals surface area contributed by atoms with Crippen molar-refractivity contribution in [2.75, 3.05) is 6.61 Å². The normalized spacial score (nSPS) is 10.5. The van der Waals surface area contributed by atoms with E-state index < -0.39 is 5.97 Å². The predicted molar refractivity (Wildman–Crippen MR) is 92.9 cm³/mol. The molecule has 0 fully saturated rings. The number of nitrogens with zero attached hydrogens (tertiary/aromatic N) is 1. The van der Waals surface area contributed by atoms with Crippen LogP contribution in [0.1, 0.15) is 21.5 Å². The van der Waals surface area contributed by atoms with Crippen LogP contribution in [-0.4, -0.2) is 23.5 Å². The molecule has 1 N–H and O–H groups in total. The maximum absolute atomic E-state index is 12.0. The number of hydrogen-bond acceptors (Lipinski definition) is 5. The highest BCUT2D eigenvalue weighted by molar-refractivity contribution is 7.16. The van der Waals surface area contributed by atoms with Gasteiger partial charge in [-0.1, -0.05) is 24.3 Å². The molecule has 0 bridgehead atoms. The number of carbonyl (C=O) groups excluding carboxylic acids is 2. The number of hydrogen-bond donors (Lipinski definition) is 1. The van der Waals surface area contributed by atoms with Crippen LogP contribution in [0.2, 0.25) is 0 Å². The number of benzene rings is 2. The highest BCUT2D eigenvalue weighted by Gasteiger charge is 2.11. The smallest absolute Gasteiger partial charge is 0.338 e. The van der Waals surface area contributed by atoms with Crippen molar-refractivity contribution in [2.45, 2.75) is 13.5 Å². The van der Waals surface area contributed by atoms with Gasteiger partial charge in [0, 0.05) is 6.54 Å². The van der Waals surface area contributed by atoms with E-state index in [1.807, 2.05) is 31.2 Å². The minimum Gasteiger partial charge on any atom is -0.452 e. The molecule has 0 aliphatic rings. The fourth-order valence-corrected chi connectivity index (χ4v) is 2.97. The van der Waals surface area contributed by atoms with Gasteiger partial charge in [0.2, 0.25) is 0 Å². The second-order valence-corrected chi connectivity index (χ2v) is 6.20. The van der Waals surface area contributed by atoms with Gasteiger partial charge in [0.25, 0.3) is 5.91 Å². The number of fused-ring (bicyclic) bond motifs is 1. The molecule has 6 heteroatoms. The maximum atomic E-state index is 12.0. The Kier molecular flexibility index (Phi) is 4.86. The number of nitrogens with one attached hydrogen (secondary N) is 1. The van der Waals surface area contributed by atoms with Crippen molar-refractivity contribution >= 4 is 33.4 Å². The number of thiazole rings is 1. The SMILES string of the molecule is Cc1ccccc1CNC(=O)COC(=O)c1ccc2ncsc2c1. The van der Waals surface area contributed by atoms with E-state index in [0.29, 0.717) is 12.1 Å². The van der Waals surface area contributed by atoms with Crippen LogP contribution in [-0.2, 0) is 16.1 Å². The summed E-state index contributed by atoms with van der Waals surface area (Å²) in [6, 6.07) is 12.9. The molecule has 1 amide bonds. The van der Waals surface area contributed by atoms with E-state index in [4.69, 9.17) is 4.74 Å². The molecule has 24 heavy (non-hydrogen) atoms. The second-order valence-electron chi connectivity index (χ2n) is 5.31. The molecule has 0 aliphatic carbocycles. The second kappa shape index (κ2) is 7.23. The quantitative estimate of drug-likeness (QED) is 0.725. The Morgan fingerprint density at radius 1 is 1.21 bits per heavy atom. The molecule has 3 aromatic rings. The summed E-state index contributed by atoms with van der Waals surface area (Å²) >= 11 is 1.45. The van der Waals surface area contributed by atoms with Crippen LogP contribution in [0.3, 0.4) is 0 Å². The standard InChI is InChI=1S/C18H16N2O3S/c1-12-4-2-3-5-14(12)9-19-17(21)10-23-18(22)13-6-7-15-16(8-13)24-11-20-15/h2-8,11H,9-10H2,1H3,(H,19,21). The van der Waals surface area contributed by atoms with Crippen molar-refractivity contribution in [3.63, 3.8) is 0 Å². The highest BCUT2D eigenvalue weighted by Crippen LogP contribution is 2.19. The van der Waals surface area contributed by atoms with Crippen molar-refractivity contribution in [1.29, 1.82) is 0 Å².